The van der Waals surface area contributed by atoms with E-state index < -0.39 is 0 Å². The van der Waals surface area contributed by atoms with Crippen LogP contribution in [0.4, 0.5) is 0 Å². The predicted molar refractivity (Wildman–Crippen MR) is 125 cm³/mol. The first-order chi connectivity index (χ1) is 15.1. The van der Waals surface area contributed by atoms with Crippen LogP contribution in [0.1, 0.15) is 50.8 Å². The van der Waals surface area contributed by atoms with Crippen LogP contribution < -0.4 is 14.2 Å². The third kappa shape index (κ3) is 3.83. The van der Waals surface area contributed by atoms with Crippen LogP contribution in [0.25, 0.3) is 16.4 Å². The van der Waals surface area contributed by atoms with Gasteiger partial charge in [-0.05, 0) is 46.1 Å². The zero-order valence-electron chi connectivity index (χ0n) is 19.6. The topological polar surface area (TPSA) is 65.8 Å². The average Bonchev–Trinajstić information content (AvgIpc) is 3.38. The highest BCUT2D eigenvalue weighted by Crippen LogP contribution is 2.43. The Hall–Kier alpha value is -3.00. The molecule has 0 saturated carbocycles. The molecule has 32 heavy (non-hydrogen) atoms. The Morgan fingerprint density at radius 3 is 2.62 bits per heavy atom. The number of thiophene rings is 1. The zero-order chi connectivity index (χ0) is 23.2. The Bertz CT molecular complexity index is 1140. The van der Waals surface area contributed by atoms with Gasteiger partial charge in [0.1, 0.15) is 12.4 Å². The van der Waals surface area contributed by atoms with E-state index in [1.165, 1.54) is 0 Å². The van der Waals surface area contributed by atoms with Crippen molar-refractivity contribution in [3.8, 4) is 33.6 Å². The highest BCUT2D eigenvalue weighted by Gasteiger charge is 2.34. The maximum absolute atomic E-state index is 13.4. The summed E-state index contributed by atoms with van der Waals surface area (Å²) in [6.45, 7) is 10.2. The van der Waals surface area contributed by atoms with Crippen molar-refractivity contribution in [2.24, 2.45) is 0 Å². The molecule has 1 aromatic carbocycles. The summed E-state index contributed by atoms with van der Waals surface area (Å²) in [5.74, 6) is 2.45. The van der Waals surface area contributed by atoms with Gasteiger partial charge in [-0.1, -0.05) is 6.07 Å². The van der Waals surface area contributed by atoms with Gasteiger partial charge in [-0.3, -0.25) is 9.36 Å². The number of fused-ring (bicyclic) bond motifs is 3. The van der Waals surface area contributed by atoms with Gasteiger partial charge in [-0.2, -0.15) is 0 Å². The van der Waals surface area contributed by atoms with Gasteiger partial charge in [0.2, 0.25) is 0 Å². The van der Waals surface area contributed by atoms with Gasteiger partial charge in [0, 0.05) is 24.7 Å². The maximum Gasteiger partial charge on any atom is 0.274 e. The van der Waals surface area contributed by atoms with Gasteiger partial charge < -0.3 is 19.1 Å². The molecule has 0 spiro atoms. The molecule has 0 aliphatic carbocycles. The number of hydrogen-bond acceptors (Lipinski definition) is 6. The largest absolute Gasteiger partial charge is 0.493 e. The lowest BCUT2D eigenvalue weighted by molar-refractivity contribution is 0.0647. The molecule has 1 aliphatic rings. The van der Waals surface area contributed by atoms with Crippen LogP contribution in [-0.2, 0) is 6.61 Å². The number of rotatable bonds is 5. The monoisotopic (exact) mass is 455 g/mol. The number of ether oxygens (including phenoxy) is 3. The fraction of sp³-hybridized carbons (Fsp3) is 0.417. The third-order valence-corrected chi connectivity index (χ3v) is 6.31. The fourth-order valence-corrected chi connectivity index (χ4v) is 4.23. The summed E-state index contributed by atoms with van der Waals surface area (Å²) in [4.78, 5) is 20.9. The van der Waals surface area contributed by atoms with Crippen LogP contribution in [-0.4, -0.2) is 46.2 Å². The SMILES string of the molecule is COc1cc2c(cc1OC(C)C)-n1c(-c3cccs3)nc(C(=O)N(C)C(C)(C)C)c1CO2. The molecule has 0 bridgehead atoms. The first kappa shape index (κ1) is 22.2. The summed E-state index contributed by atoms with van der Waals surface area (Å²) in [5, 5.41) is 2.00. The first-order valence-corrected chi connectivity index (χ1v) is 11.4. The molecule has 170 valence electrons. The quantitative estimate of drug-likeness (QED) is 0.532. The number of methoxy groups -OCH3 is 1. The van der Waals surface area contributed by atoms with Crippen molar-refractivity contribution in [2.75, 3.05) is 14.2 Å². The minimum Gasteiger partial charge on any atom is -0.493 e. The van der Waals surface area contributed by atoms with Gasteiger partial charge in [0.05, 0.1) is 29.5 Å². The second-order valence-corrected chi connectivity index (χ2v) is 9.95. The standard InChI is InChI=1S/C24H29N3O4S/c1-14(2)31-19-11-15-17(12-18(19)29-7)30-13-16-21(23(28)26(6)24(3,4)5)25-22(27(15)16)20-9-8-10-32-20/h8-12,14H,13H2,1-7H3. The Kier molecular flexibility index (Phi) is 5.67. The van der Waals surface area contributed by atoms with Crippen LogP contribution in [0.3, 0.4) is 0 Å². The summed E-state index contributed by atoms with van der Waals surface area (Å²) in [6.07, 6.45) is -0.0249. The molecule has 0 atom stereocenters. The van der Waals surface area contributed by atoms with Crippen LogP contribution in [0.15, 0.2) is 29.6 Å². The number of benzene rings is 1. The molecule has 0 N–H and O–H groups in total. The highest BCUT2D eigenvalue weighted by atomic mass is 32.1. The Labute approximate surface area is 192 Å². The predicted octanol–water partition coefficient (Wildman–Crippen LogP) is 5.16. The van der Waals surface area contributed by atoms with E-state index in [0.29, 0.717) is 28.8 Å². The van der Waals surface area contributed by atoms with E-state index in [-0.39, 0.29) is 24.2 Å². The van der Waals surface area contributed by atoms with Crippen LogP contribution in [0, 0.1) is 0 Å². The summed E-state index contributed by atoms with van der Waals surface area (Å²) in [5.41, 5.74) is 1.56. The molecule has 0 saturated heterocycles. The van der Waals surface area contributed by atoms with E-state index in [1.807, 2.05) is 68.8 Å². The molecule has 0 radical (unpaired) electrons. The number of carbonyl (C=O) groups excluding carboxylic acids is 1. The summed E-state index contributed by atoms with van der Waals surface area (Å²) >= 11 is 1.58. The lowest BCUT2D eigenvalue weighted by atomic mass is 10.1. The summed E-state index contributed by atoms with van der Waals surface area (Å²) in [7, 11) is 3.41. The van der Waals surface area contributed by atoms with Crippen molar-refractivity contribution in [1.82, 2.24) is 14.5 Å². The van der Waals surface area contributed by atoms with Gasteiger partial charge in [-0.15, -0.1) is 11.3 Å². The number of aromatic nitrogens is 2. The lowest BCUT2D eigenvalue weighted by Crippen LogP contribution is -2.43. The highest BCUT2D eigenvalue weighted by molar-refractivity contribution is 7.13. The number of imidazole rings is 1. The fourth-order valence-electron chi connectivity index (χ4n) is 3.52. The number of carbonyl (C=O) groups is 1. The van der Waals surface area contributed by atoms with E-state index >= 15 is 0 Å². The van der Waals surface area contributed by atoms with Crippen molar-refractivity contribution in [3.63, 3.8) is 0 Å². The maximum atomic E-state index is 13.4. The zero-order valence-corrected chi connectivity index (χ0v) is 20.4. The minimum atomic E-state index is -0.338. The van der Waals surface area contributed by atoms with Crippen molar-refractivity contribution in [1.29, 1.82) is 0 Å². The molecule has 4 rings (SSSR count). The molecule has 0 fully saturated rings. The molecule has 1 amide bonds. The van der Waals surface area contributed by atoms with Crippen molar-refractivity contribution in [3.05, 3.63) is 41.0 Å². The van der Waals surface area contributed by atoms with E-state index in [9.17, 15) is 4.79 Å². The molecule has 1 aliphatic heterocycles. The van der Waals surface area contributed by atoms with Crippen molar-refractivity contribution in [2.45, 2.75) is 52.9 Å². The Morgan fingerprint density at radius 1 is 1.28 bits per heavy atom. The average molecular weight is 456 g/mol. The second-order valence-electron chi connectivity index (χ2n) is 9.00. The van der Waals surface area contributed by atoms with E-state index in [2.05, 4.69) is 0 Å². The van der Waals surface area contributed by atoms with Crippen LogP contribution >= 0.6 is 11.3 Å². The summed E-state index contributed by atoms with van der Waals surface area (Å²) < 4.78 is 19.6. The van der Waals surface area contributed by atoms with Crippen molar-refractivity contribution < 1.29 is 19.0 Å². The van der Waals surface area contributed by atoms with Crippen LogP contribution in [0.2, 0.25) is 0 Å². The Balaban J connectivity index is 1.94. The molecule has 8 heteroatoms. The van der Waals surface area contributed by atoms with E-state index in [4.69, 9.17) is 19.2 Å². The number of nitrogens with zero attached hydrogens (tertiary/aromatic N) is 3. The Morgan fingerprint density at radius 2 is 2.03 bits per heavy atom. The van der Waals surface area contributed by atoms with Gasteiger partial charge in [-0.25, -0.2) is 4.98 Å². The molecule has 3 heterocycles. The normalized spacial score (nSPS) is 12.8. The first-order valence-electron chi connectivity index (χ1n) is 10.6. The van der Waals surface area contributed by atoms with Gasteiger partial charge in [0.25, 0.3) is 5.91 Å². The number of hydrogen-bond donors (Lipinski definition) is 0. The smallest absolute Gasteiger partial charge is 0.274 e. The second kappa shape index (κ2) is 8.16. The van der Waals surface area contributed by atoms with Crippen molar-refractivity contribution >= 4 is 17.2 Å². The molecule has 3 aromatic rings. The van der Waals surface area contributed by atoms with Crippen LogP contribution in [0.5, 0.6) is 17.2 Å². The number of amides is 1. The minimum absolute atomic E-state index is 0.0249. The van der Waals surface area contributed by atoms with E-state index in [0.717, 1.165) is 16.3 Å². The summed E-state index contributed by atoms with van der Waals surface area (Å²) in [6, 6.07) is 7.71. The molecule has 2 aromatic heterocycles. The molecular weight excluding hydrogens is 426 g/mol. The molecule has 0 unspecified atom stereocenters. The van der Waals surface area contributed by atoms with E-state index in [1.54, 1.807) is 30.4 Å². The van der Waals surface area contributed by atoms with Gasteiger partial charge >= 0.3 is 0 Å². The van der Waals surface area contributed by atoms with Gasteiger partial charge in [0.15, 0.2) is 23.0 Å². The third-order valence-electron chi connectivity index (χ3n) is 5.44. The lowest BCUT2D eigenvalue weighted by Gasteiger charge is -2.32. The molecule has 7 nitrogen and oxygen atoms in total. The molecular formula is C24H29N3O4S.